The van der Waals surface area contributed by atoms with Crippen LogP contribution >= 0.6 is 0 Å². The van der Waals surface area contributed by atoms with E-state index < -0.39 is 0 Å². The molecule has 2 rings (SSSR count). The summed E-state index contributed by atoms with van der Waals surface area (Å²) in [6.45, 7) is 0.715. The van der Waals surface area contributed by atoms with Gasteiger partial charge in [0.2, 0.25) is 0 Å². The van der Waals surface area contributed by atoms with Crippen molar-refractivity contribution in [3.8, 4) is 0 Å². The van der Waals surface area contributed by atoms with Crippen molar-refractivity contribution >= 4 is 11.5 Å². The van der Waals surface area contributed by atoms with Crippen LogP contribution in [0.3, 0.4) is 0 Å². The standard InChI is InChI=1S/C13H15N3O/c14-13-12(5-2-6-15-13)16-8-10-3-1-4-11(7-10)9-17/h1-7,16-17H,8-9H2,(H2,14,15). The molecule has 0 atom stereocenters. The van der Waals surface area contributed by atoms with Gasteiger partial charge in [-0.2, -0.15) is 0 Å². The Hall–Kier alpha value is -2.07. The molecular weight excluding hydrogens is 214 g/mol. The fourth-order valence-electron chi connectivity index (χ4n) is 1.60. The van der Waals surface area contributed by atoms with E-state index in [9.17, 15) is 0 Å². The van der Waals surface area contributed by atoms with E-state index in [0.717, 1.165) is 16.8 Å². The fourth-order valence-corrected chi connectivity index (χ4v) is 1.60. The number of anilines is 2. The number of aliphatic hydroxyl groups is 1. The van der Waals surface area contributed by atoms with E-state index in [0.29, 0.717) is 12.4 Å². The summed E-state index contributed by atoms with van der Waals surface area (Å²) >= 11 is 0. The quantitative estimate of drug-likeness (QED) is 0.747. The lowest BCUT2D eigenvalue weighted by Crippen LogP contribution is -2.03. The molecule has 1 aromatic carbocycles. The van der Waals surface area contributed by atoms with Gasteiger partial charge in [-0.1, -0.05) is 24.3 Å². The van der Waals surface area contributed by atoms with Gasteiger partial charge in [0, 0.05) is 12.7 Å². The summed E-state index contributed by atoms with van der Waals surface area (Å²) < 4.78 is 0. The Morgan fingerprint density at radius 1 is 1.18 bits per heavy atom. The van der Waals surface area contributed by atoms with Gasteiger partial charge in [0.25, 0.3) is 0 Å². The van der Waals surface area contributed by atoms with Gasteiger partial charge in [0.05, 0.1) is 12.3 Å². The average Bonchev–Trinajstić information content (AvgIpc) is 2.38. The number of aromatic nitrogens is 1. The molecule has 0 bridgehead atoms. The third kappa shape index (κ3) is 2.95. The van der Waals surface area contributed by atoms with Gasteiger partial charge in [0.1, 0.15) is 5.82 Å². The zero-order chi connectivity index (χ0) is 12.1. The largest absolute Gasteiger partial charge is 0.392 e. The maximum absolute atomic E-state index is 9.04. The van der Waals surface area contributed by atoms with Gasteiger partial charge in [-0.3, -0.25) is 0 Å². The molecule has 0 fully saturated rings. The average molecular weight is 229 g/mol. The first-order chi connectivity index (χ1) is 8.29. The second kappa shape index (κ2) is 5.32. The number of benzene rings is 1. The van der Waals surface area contributed by atoms with E-state index in [-0.39, 0.29) is 6.61 Å². The molecule has 4 N–H and O–H groups in total. The second-order valence-corrected chi connectivity index (χ2v) is 3.77. The molecule has 0 aliphatic rings. The first-order valence-corrected chi connectivity index (χ1v) is 5.42. The van der Waals surface area contributed by atoms with Gasteiger partial charge < -0.3 is 16.2 Å². The first-order valence-electron chi connectivity index (χ1n) is 5.42. The third-order valence-corrected chi connectivity index (χ3v) is 2.50. The molecule has 0 spiro atoms. The minimum absolute atomic E-state index is 0.0584. The molecular formula is C13H15N3O. The minimum atomic E-state index is 0.0584. The highest BCUT2D eigenvalue weighted by molar-refractivity contribution is 5.60. The van der Waals surface area contributed by atoms with Gasteiger partial charge >= 0.3 is 0 Å². The third-order valence-electron chi connectivity index (χ3n) is 2.50. The van der Waals surface area contributed by atoms with E-state index >= 15 is 0 Å². The molecule has 4 nitrogen and oxygen atoms in total. The lowest BCUT2D eigenvalue weighted by molar-refractivity contribution is 0.281. The molecule has 2 aromatic rings. The molecule has 0 unspecified atom stereocenters. The van der Waals surface area contributed by atoms with E-state index in [1.54, 1.807) is 6.20 Å². The van der Waals surface area contributed by atoms with Gasteiger partial charge in [-0.05, 0) is 23.3 Å². The van der Waals surface area contributed by atoms with Crippen molar-refractivity contribution in [3.05, 3.63) is 53.7 Å². The predicted molar refractivity (Wildman–Crippen MR) is 68.3 cm³/mol. The van der Waals surface area contributed by atoms with E-state index in [4.69, 9.17) is 10.8 Å². The molecule has 0 saturated carbocycles. The Morgan fingerprint density at radius 3 is 2.76 bits per heavy atom. The van der Waals surface area contributed by atoms with Gasteiger partial charge in [-0.25, -0.2) is 4.98 Å². The number of nitrogens with two attached hydrogens (primary N) is 1. The molecule has 1 aromatic heterocycles. The van der Waals surface area contributed by atoms with Crippen LogP contribution in [0, 0.1) is 0 Å². The number of nitrogens with zero attached hydrogens (tertiary/aromatic N) is 1. The smallest absolute Gasteiger partial charge is 0.146 e. The summed E-state index contributed by atoms with van der Waals surface area (Å²) in [5.41, 5.74) is 8.55. The van der Waals surface area contributed by atoms with Crippen molar-refractivity contribution in [3.63, 3.8) is 0 Å². The Morgan fingerprint density at radius 2 is 2.00 bits per heavy atom. The highest BCUT2D eigenvalue weighted by Crippen LogP contribution is 2.15. The normalized spacial score (nSPS) is 10.2. The topological polar surface area (TPSA) is 71.2 Å². The Bertz CT molecular complexity index is 500. The van der Waals surface area contributed by atoms with Crippen molar-refractivity contribution in [1.82, 2.24) is 4.98 Å². The maximum Gasteiger partial charge on any atom is 0.146 e. The maximum atomic E-state index is 9.04. The fraction of sp³-hybridized carbons (Fsp3) is 0.154. The summed E-state index contributed by atoms with van der Waals surface area (Å²) in [7, 11) is 0. The summed E-state index contributed by atoms with van der Waals surface area (Å²) in [5, 5.41) is 12.3. The summed E-state index contributed by atoms with van der Waals surface area (Å²) in [5.74, 6) is 0.491. The zero-order valence-electron chi connectivity index (χ0n) is 9.43. The SMILES string of the molecule is Nc1ncccc1NCc1cccc(CO)c1. The summed E-state index contributed by atoms with van der Waals surface area (Å²) in [4.78, 5) is 4.00. The van der Waals surface area contributed by atoms with Crippen LogP contribution in [0.5, 0.6) is 0 Å². The molecule has 4 heteroatoms. The highest BCUT2D eigenvalue weighted by Gasteiger charge is 1.99. The lowest BCUT2D eigenvalue weighted by atomic mass is 10.1. The molecule has 0 radical (unpaired) electrons. The Kier molecular flexibility index (Phi) is 3.57. The number of nitrogen functional groups attached to an aromatic ring is 1. The number of hydrogen-bond donors (Lipinski definition) is 3. The number of hydrogen-bond acceptors (Lipinski definition) is 4. The van der Waals surface area contributed by atoms with E-state index in [1.165, 1.54) is 0 Å². The van der Waals surface area contributed by atoms with Crippen LogP contribution in [0.25, 0.3) is 0 Å². The van der Waals surface area contributed by atoms with Crippen molar-refractivity contribution < 1.29 is 5.11 Å². The highest BCUT2D eigenvalue weighted by atomic mass is 16.3. The number of rotatable bonds is 4. The van der Waals surface area contributed by atoms with Crippen LogP contribution in [-0.4, -0.2) is 10.1 Å². The van der Waals surface area contributed by atoms with Crippen molar-refractivity contribution in [1.29, 1.82) is 0 Å². The van der Waals surface area contributed by atoms with Crippen LogP contribution in [0.2, 0.25) is 0 Å². The first kappa shape index (κ1) is 11.4. The van der Waals surface area contributed by atoms with Crippen LogP contribution in [-0.2, 0) is 13.2 Å². The molecule has 0 aliphatic heterocycles. The van der Waals surface area contributed by atoms with Crippen LogP contribution < -0.4 is 11.1 Å². The summed E-state index contributed by atoms with van der Waals surface area (Å²) in [6.07, 6.45) is 1.66. The number of aliphatic hydroxyl groups excluding tert-OH is 1. The van der Waals surface area contributed by atoms with E-state index in [2.05, 4.69) is 10.3 Å². The van der Waals surface area contributed by atoms with Crippen molar-refractivity contribution in [2.75, 3.05) is 11.1 Å². The van der Waals surface area contributed by atoms with Crippen LogP contribution in [0.15, 0.2) is 42.6 Å². The van der Waals surface area contributed by atoms with Gasteiger partial charge in [0.15, 0.2) is 0 Å². The number of nitrogens with one attached hydrogen (secondary N) is 1. The molecule has 0 amide bonds. The van der Waals surface area contributed by atoms with Crippen LogP contribution in [0.1, 0.15) is 11.1 Å². The summed E-state index contributed by atoms with van der Waals surface area (Å²) in [6, 6.07) is 11.5. The second-order valence-electron chi connectivity index (χ2n) is 3.77. The Balaban J connectivity index is 2.05. The number of pyridine rings is 1. The van der Waals surface area contributed by atoms with E-state index in [1.807, 2.05) is 36.4 Å². The molecule has 88 valence electrons. The van der Waals surface area contributed by atoms with Crippen molar-refractivity contribution in [2.24, 2.45) is 0 Å². The molecule has 1 heterocycles. The van der Waals surface area contributed by atoms with Crippen molar-refractivity contribution in [2.45, 2.75) is 13.2 Å². The van der Waals surface area contributed by atoms with Crippen LogP contribution in [0.4, 0.5) is 11.5 Å². The zero-order valence-corrected chi connectivity index (χ0v) is 9.43. The molecule has 0 aliphatic carbocycles. The monoisotopic (exact) mass is 229 g/mol. The lowest BCUT2D eigenvalue weighted by Gasteiger charge is -2.08. The molecule has 17 heavy (non-hydrogen) atoms. The van der Waals surface area contributed by atoms with Gasteiger partial charge in [-0.15, -0.1) is 0 Å². The predicted octanol–water partition coefficient (Wildman–Crippen LogP) is 1.77. The minimum Gasteiger partial charge on any atom is -0.392 e. The molecule has 0 saturated heterocycles. The Labute approximate surface area is 100 Å².